The topological polar surface area (TPSA) is 41.5 Å². The molecule has 0 aromatic heterocycles. The summed E-state index contributed by atoms with van der Waals surface area (Å²) in [5.41, 5.74) is 1.78. The van der Waals surface area contributed by atoms with E-state index in [-0.39, 0.29) is 5.91 Å². The fourth-order valence-corrected chi connectivity index (χ4v) is 0.385. The van der Waals surface area contributed by atoms with E-state index in [1.165, 1.54) is 12.3 Å². The normalized spacial score (nSPS) is 11.2. The van der Waals surface area contributed by atoms with Crippen LogP contribution < -0.4 is 5.43 Å². The molecule has 0 atom stereocenters. The lowest BCUT2D eigenvalue weighted by Gasteiger charge is -2.15. The first-order valence-corrected chi connectivity index (χ1v) is 3.62. The maximum absolute atomic E-state index is 11.2. The molecule has 0 aromatic rings. The molecule has 0 aliphatic carbocycles. The van der Waals surface area contributed by atoms with E-state index < -0.39 is 5.41 Å². The van der Waals surface area contributed by atoms with Crippen LogP contribution in [-0.2, 0) is 4.79 Å². The molecule has 0 bridgehead atoms. The first kappa shape index (κ1) is 10.6. The van der Waals surface area contributed by atoms with Crippen LogP contribution in [-0.4, -0.2) is 12.1 Å². The van der Waals surface area contributed by atoms with Crippen molar-refractivity contribution in [1.82, 2.24) is 5.43 Å². The van der Waals surface area contributed by atoms with Crippen LogP contribution in [0.25, 0.3) is 0 Å². The summed E-state index contributed by atoms with van der Waals surface area (Å²) >= 11 is 0. The SMILES string of the molecule is C=C/C=N\NC(=O)C(C)(C)C=C. The zero-order valence-electron chi connectivity index (χ0n) is 7.50. The van der Waals surface area contributed by atoms with Crippen LogP contribution in [0.1, 0.15) is 13.8 Å². The highest BCUT2D eigenvalue weighted by atomic mass is 16.2. The molecule has 0 fully saturated rings. The van der Waals surface area contributed by atoms with E-state index in [1.807, 2.05) is 0 Å². The Morgan fingerprint density at radius 2 is 2.08 bits per heavy atom. The number of allylic oxidation sites excluding steroid dienone is 1. The van der Waals surface area contributed by atoms with Crippen LogP contribution >= 0.6 is 0 Å². The molecule has 1 amide bonds. The minimum atomic E-state index is -0.585. The van der Waals surface area contributed by atoms with E-state index in [2.05, 4.69) is 23.7 Å². The van der Waals surface area contributed by atoms with E-state index in [0.717, 1.165) is 0 Å². The number of nitrogens with zero attached hydrogens (tertiary/aromatic N) is 1. The third kappa shape index (κ3) is 3.14. The number of rotatable bonds is 4. The van der Waals surface area contributed by atoms with Crippen LogP contribution in [0.5, 0.6) is 0 Å². The molecule has 12 heavy (non-hydrogen) atoms. The second-order valence-corrected chi connectivity index (χ2v) is 2.88. The summed E-state index contributed by atoms with van der Waals surface area (Å²) in [6.07, 6.45) is 4.48. The molecule has 66 valence electrons. The predicted molar refractivity (Wildman–Crippen MR) is 50.8 cm³/mol. The van der Waals surface area contributed by atoms with Crippen molar-refractivity contribution in [3.8, 4) is 0 Å². The van der Waals surface area contributed by atoms with Crippen LogP contribution in [0.4, 0.5) is 0 Å². The smallest absolute Gasteiger partial charge is 0.249 e. The Kier molecular flexibility index (Phi) is 3.97. The van der Waals surface area contributed by atoms with Gasteiger partial charge >= 0.3 is 0 Å². The number of carbonyl (C=O) groups is 1. The standard InChI is InChI=1S/C9H14N2O/c1-5-7-10-11-8(12)9(3,4)6-2/h5-7H,1-2H2,3-4H3,(H,11,12)/b10-7-. The summed E-state index contributed by atoms with van der Waals surface area (Å²) < 4.78 is 0. The van der Waals surface area contributed by atoms with Gasteiger partial charge in [0.25, 0.3) is 0 Å². The van der Waals surface area contributed by atoms with Gasteiger partial charge in [-0.15, -0.1) is 6.58 Å². The number of amides is 1. The highest BCUT2D eigenvalue weighted by molar-refractivity contribution is 5.84. The Labute approximate surface area is 72.9 Å². The Balaban J connectivity index is 4.12. The van der Waals surface area contributed by atoms with Crippen LogP contribution in [0.2, 0.25) is 0 Å². The quantitative estimate of drug-likeness (QED) is 0.383. The molecule has 0 aromatic carbocycles. The molecule has 3 nitrogen and oxygen atoms in total. The maximum Gasteiger partial charge on any atom is 0.249 e. The van der Waals surface area contributed by atoms with Crippen LogP contribution in [0.3, 0.4) is 0 Å². The van der Waals surface area contributed by atoms with Gasteiger partial charge in [0.2, 0.25) is 5.91 Å². The van der Waals surface area contributed by atoms with E-state index in [1.54, 1.807) is 19.9 Å². The van der Waals surface area contributed by atoms with Crippen molar-refractivity contribution >= 4 is 12.1 Å². The van der Waals surface area contributed by atoms with Gasteiger partial charge < -0.3 is 0 Å². The van der Waals surface area contributed by atoms with E-state index >= 15 is 0 Å². The highest BCUT2D eigenvalue weighted by Crippen LogP contribution is 2.15. The summed E-state index contributed by atoms with van der Waals surface area (Å²) in [5, 5.41) is 3.61. The first-order valence-electron chi connectivity index (χ1n) is 3.62. The fraction of sp³-hybridized carbons (Fsp3) is 0.333. The van der Waals surface area contributed by atoms with Crippen molar-refractivity contribution in [1.29, 1.82) is 0 Å². The van der Waals surface area contributed by atoms with Crippen molar-refractivity contribution in [2.45, 2.75) is 13.8 Å². The third-order valence-electron chi connectivity index (χ3n) is 1.44. The summed E-state index contributed by atoms with van der Waals surface area (Å²) in [6.45, 7) is 10.5. The molecule has 0 saturated carbocycles. The van der Waals surface area contributed by atoms with E-state index in [9.17, 15) is 4.79 Å². The lowest BCUT2D eigenvalue weighted by molar-refractivity contribution is -0.127. The Bertz CT molecular complexity index is 217. The minimum Gasteiger partial charge on any atom is -0.272 e. The van der Waals surface area contributed by atoms with Crippen molar-refractivity contribution in [3.05, 3.63) is 25.3 Å². The average molecular weight is 166 g/mol. The molecule has 0 radical (unpaired) electrons. The van der Waals surface area contributed by atoms with Gasteiger partial charge in [-0.05, 0) is 19.9 Å². The zero-order chi connectivity index (χ0) is 9.61. The fourth-order valence-electron chi connectivity index (χ4n) is 0.385. The lowest BCUT2D eigenvalue weighted by Crippen LogP contribution is -2.32. The van der Waals surface area contributed by atoms with Gasteiger partial charge in [-0.2, -0.15) is 5.10 Å². The van der Waals surface area contributed by atoms with Crippen molar-refractivity contribution in [3.63, 3.8) is 0 Å². The van der Waals surface area contributed by atoms with E-state index in [4.69, 9.17) is 0 Å². The van der Waals surface area contributed by atoms with Gasteiger partial charge in [-0.3, -0.25) is 4.79 Å². The largest absolute Gasteiger partial charge is 0.272 e. The number of nitrogens with one attached hydrogen (secondary N) is 1. The van der Waals surface area contributed by atoms with Gasteiger partial charge in [-0.1, -0.05) is 12.7 Å². The number of hydrogen-bond acceptors (Lipinski definition) is 2. The number of carbonyl (C=O) groups excluding carboxylic acids is 1. The average Bonchev–Trinajstić information content (AvgIpc) is 2.05. The molecule has 0 heterocycles. The van der Waals surface area contributed by atoms with E-state index in [0.29, 0.717) is 0 Å². The molecule has 0 aliphatic rings. The molecule has 3 heteroatoms. The van der Waals surface area contributed by atoms with Crippen molar-refractivity contribution < 1.29 is 4.79 Å². The summed E-state index contributed by atoms with van der Waals surface area (Å²) in [6, 6.07) is 0. The third-order valence-corrected chi connectivity index (χ3v) is 1.44. The summed E-state index contributed by atoms with van der Waals surface area (Å²) in [7, 11) is 0. The number of hydrogen-bond donors (Lipinski definition) is 1. The number of hydrazone groups is 1. The summed E-state index contributed by atoms with van der Waals surface area (Å²) in [4.78, 5) is 11.2. The molecular weight excluding hydrogens is 152 g/mol. The molecule has 1 N–H and O–H groups in total. The van der Waals surface area contributed by atoms with Gasteiger partial charge in [0.1, 0.15) is 0 Å². The second kappa shape index (κ2) is 4.49. The molecule has 0 aliphatic heterocycles. The first-order chi connectivity index (χ1) is 5.54. The van der Waals surface area contributed by atoms with Gasteiger partial charge in [0.15, 0.2) is 0 Å². The highest BCUT2D eigenvalue weighted by Gasteiger charge is 2.22. The van der Waals surface area contributed by atoms with Gasteiger partial charge in [-0.25, -0.2) is 5.43 Å². The Morgan fingerprint density at radius 3 is 2.50 bits per heavy atom. The molecule has 0 rings (SSSR count). The Hall–Kier alpha value is -1.38. The van der Waals surface area contributed by atoms with Crippen molar-refractivity contribution in [2.24, 2.45) is 10.5 Å². The predicted octanol–water partition coefficient (Wildman–Crippen LogP) is 1.49. The zero-order valence-corrected chi connectivity index (χ0v) is 7.50. The second-order valence-electron chi connectivity index (χ2n) is 2.88. The molecule has 0 unspecified atom stereocenters. The maximum atomic E-state index is 11.2. The lowest BCUT2D eigenvalue weighted by atomic mass is 9.93. The van der Waals surface area contributed by atoms with Crippen molar-refractivity contribution in [2.75, 3.05) is 0 Å². The van der Waals surface area contributed by atoms with Crippen LogP contribution in [0.15, 0.2) is 30.4 Å². The Morgan fingerprint density at radius 1 is 1.50 bits per heavy atom. The van der Waals surface area contributed by atoms with Gasteiger partial charge in [0, 0.05) is 6.21 Å². The molecule has 0 spiro atoms. The van der Waals surface area contributed by atoms with Crippen LogP contribution in [0, 0.1) is 5.41 Å². The molecule has 0 saturated heterocycles. The monoisotopic (exact) mass is 166 g/mol. The summed E-state index contributed by atoms with van der Waals surface area (Å²) in [5.74, 6) is -0.185. The van der Waals surface area contributed by atoms with Gasteiger partial charge in [0.05, 0.1) is 5.41 Å². The molecular formula is C9H14N2O. The minimum absolute atomic E-state index is 0.185.